The first-order valence-electron chi connectivity index (χ1n) is 9.73. The summed E-state index contributed by atoms with van der Waals surface area (Å²) in [7, 11) is 4.66. The van der Waals surface area contributed by atoms with Crippen LogP contribution in [0.3, 0.4) is 0 Å². The molecule has 0 spiro atoms. The lowest BCUT2D eigenvalue weighted by Gasteiger charge is -2.26. The van der Waals surface area contributed by atoms with Gasteiger partial charge in [0.2, 0.25) is 0 Å². The van der Waals surface area contributed by atoms with E-state index >= 15 is 0 Å². The zero-order valence-corrected chi connectivity index (χ0v) is 17.9. The molecule has 0 fully saturated rings. The Hall–Kier alpha value is -3.32. The van der Waals surface area contributed by atoms with Crippen LogP contribution in [-0.4, -0.2) is 21.3 Å². The zero-order chi connectivity index (χ0) is 22.5. The molecule has 0 radical (unpaired) electrons. The van der Waals surface area contributed by atoms with Crippen LogP contribution in [0.2, 0.25) is 0 Å². The van der Waals surface area contributed by atoms with Crippen LogP contribution in [0, 0.1) is 11.6 Å². The van der Waals surface area contributed by atoms with Crippen molar-refractivity contribution in [2.24, 2.45) is 0 Å². The molecule has 0 aliphatic rings. The lowest BCUT2D eigenvalue weighted by Crippen LogP contribution is -2.26. The van der Waals surface area contributed by atoms with Crippen LogP contribution in [0.25, 0.3) is 0 Å². The number of hydrogen-bond donors (Lipinski definition) is 2. The molecule has 0 bridgehead atoms. The number of anilines is 1. The quantitative estimate of drug-likeness (QED) is 0.494. The third-order valence-corrected chi connectivity index (χ3v) is 5.11. The molecule has 164 valence electrons. The summed E-state index contributed by atoms with van der Waals surface area (Å²) >= 11 is 0. The molecule has 0 aromatic heterocycles. The highest BCUT2D eigenvalue weighted by atomic mass is 19.1. The molecule has 0 heterocycles. The molecule has 2 atom stereocenters. The number of hydrogen-bond acceptors (Lipinski definition) is 5. The summed E-state index contributed by atoms with van der Waals surface area (Å²) in [4.78, 5) is 0. The number of nitrogens with two attached hydrogens (primary N) is 1. The summed E-state index contributed by atoms with van der Waals surface area (Å²) < 4.78 is 43.6. The normalized spacial score (nSPS) is 12.8. The maximum absolute atomic E-state index is 13.8. The fourth-order valence-corrected chi connectivity index (χ4v) is 3.54. The van der Waals surface area contributed by atoms with Gasteiger partial charge in [0, 0.05) is 12.1 Å². The molecular weight excluding hydrogens is 402 g/mol. The van der Waals surface area contributed by atoms with Crippen LogP contribution in [0.1, 0.15) is 35.7 Å². The first kappa shape index (κ1) is 22.4. The van der Waals surface area contributed by atoms with E-state index in [2.05, 4.69) is 5.32 Å². The molecule has 0 saturated carbocycles. The first-order chi connectivity index (χ1) is 14.9. The molecule has 0 aliphatic heterocycles. The Morgan fingerprint density at radius 2 is 1.42 bits per heavy atom. The lowest BCUT2D eigenvalue weighted by atomic mass is 9.95. The molecule has 3 aromatic carbocycles. The van der Waals surface area contributed by atoms with Gasteiger partial charge in [0.15, 0.2) is 11.5 Å². The summed E-state index contributed by atoms with van der Waals surface area (Å²) in [5.74, 6) is 0.400. The third-order valence-electron chi connectivity index (χ3n) is 5.11. The predicted octanol–water partition coefficient (Wildman–Crippen LogP) is 5.01. The van der Waals surface area contributed by atoms with Crippen LogP contribution in [-0.2, 0) is 0 Å². The maximum Gasteiger partial charge on any atom is 0.183 e. The van der Waals surface area contributed by atoms with E-state index in [0.29, 0.717) is 22.7 Å². The van der Waals surface area contributed by atoms with Crippen LogP contribution >= 0.6 is 0 Å². The molecule has 3 rings (SSSR count). The van der Waals surface area contributed by atoms with Gasteiger partial charge in [-0.15, -0.1) is 0 Å². The number of nitrogens with one attached hydrogen (secondary N) is 1. The highest BCUT2D eigenvalue weighted by molar-refractivity contribution is 5.63. The fraction of sp³-hybridized carbons (Fsp3) is 0.250. The van der Waals surface area contributed by atoms with Crippen molar-refractivity contribution in [3.8, 4) is 17.2 Å². The molecule has 5 nitrogen and oxygen atoms in total. The number of halogens is 2. The van der Waals surface area contributed by atoms with Gasteiger partial charge in [-0.05, 0) is 60.0 Å². The Morgan fingerprint density at radius 3 is 1.97 bits per heavy atom. The maximum atomic E-state index is 13.8. The number of rotatable bonds is 8. The van der Waals surface area contributed by atoms with Crippen LogP contribution in [0.4, 0.5) is 14.5 Å². The molecular formula is C24H26F2N2O3. The van der Waals surface area contributed by atoms with Gasteiger partial charge in [-0.2, -0.15) is 0 Å². The Balaban J connectivity index is 2.05. The van der Waals surface area contributed by atoms with Crippen molar-refractivity contribution in [2.75, 3.05) is 27.1 Å². The Labute approximate surface area is 180 Å². The van der Waals surface area contributed by atoms with Gasteiger partial charge in [0.1, 0.15) is 17.4 Å². The van der Waals surface area contributed by atoms with E-state index in [1.807, 2.05) is 37.3 Å². The highest BCUT2D eigenvalue weighted by Gasteiger charge is 2.22. The van der Waals surface area contributed by atoms with E-state index in [1.165, 1.54) is 26.4 Å². The first-order valence-corrected chi connectivity index (χ1v) is 9.73. The van der Waals surface area contributed by atoms with Crippen molar-refractivity contribution < 1.29 is 23.0 Å². The molecule has 2 unspecified atom stereocenters. The second kappa shape index (κ2) is 9.66. The summed E-state index contributed by atoms with van der Waals surface area (Å²) in [5.41, 5.74) is 8.83. The van der Waals surface area contributed by atoms with Crippen LogP contribution in [0.15, 0.2) is 54.6 Å². The minimum Gasteiger partial charge on any atom is -0.497 e. The zero-order valence-electron chi connectivity index (χ0n) is 17.9. The molecule has 0 aliphatic carbocycles. The number of nitrogen functional groups attached to an aromatic ring is 1. The number of ether oxygens (including phenoxy) is 3. The van der Waals surface area contributed by atoms with Gasteiger partial charge >= 0.3 is 0 Å². The van der Waals surface area contributed by atoms with Crippen molar-refractivity contribution >= 4 is 5.69 Å². The average molecular weight is 428 g/mol. The van der Waals surface area contributed by atoms with Gasteiger partial charge in [-0.25, -0.2) is 8.78 Å². The lowest BCUT2D eigenvalue weighted by molar-refractivity contribution is 0.355. The largest absolute Gasteiger partial charge is 0.497 e. The van der Waals surface area contributed by atoms with Gasteiger partial charge in [-0.1, -0.05) is 12.1 Å². The van der Waals surface area contributed by atoms with Crippen LogP contribution < -0.4 is 25.3 Å². The van der Waals surface area contributed by atoms with E-state index in [0.717, 1.165) is 22.9 Å². The van der Waals surface area contributed by atoms with Gasteiger partial charge in [-0.3, -0.25) is 5.32 Å². The molecule has 0 amide bonds. The smallest absolute Gasteiger partial charge is 0.183 e. The third kappa shape index (κ3) is 5.06. The van der Waals surface area contributed by atoms with Crippen molar-refractivity contribution in [2.45, 2.75) is 19.0 Å². The predicted molar refractivity (Wildman–Crippen MR) is 117 cm³/mol. The van der Waals surface area contributed by atoms with E-state index in [4.69, 9.17) is 19.9 Å². The Morgan fingerprint density at radius 1 is 0.774 bits per heavy atom. The van der Waals surface area contributed by atoms with Crippen LogP contribution in [0.5, 0.6) is 17.2 Å². The topological polar surface area (TPSA) is 65.7 Å². The molecule has 31 heavy (non-hydrogen) atoms. The monoisotopic (exact) mass is 428 g/mol. The van der Waals surface area contributed by atoms with Crippen molar-refractivity contribution in [3.05, 3.63) is 82.9 Å². The van der Waals surface area contributed by atoms with E-state index in [9.17, 15) is 8.78 Å². The average Bonchev–Trinajstić information content (AvgIpc) is 2.76. The summed E-state index contributed by atoms with van der Waals surface area (Å²) in [6.07, 6.45) is 0. The Kier molecular flexibility index (Phi) is 6.97. The SMILES string of the molecule is COc1ccc(C(NC(C)c2cc(F)cc(F)c2)c2cc(N)c(OC)c(OC)c2)cc1. The fourth-order valence-electron chi connectivity index (χ4n) is 3.54. The highest BCUT2D eigenvalue weighted by Crippen LogP contribution is 2.38. The Bertz CT molecular complexity index is 1020. The second-order valence-corrected chi connectivity index (χ2v) is 7.14. The summed E-state index contributed by atoms with van der Waals surface area (Å²) in [5, 5.41) is 3.45. The minimum absolute atomic E-state index is 0.352. The summed E-state index contributed by atoms with van der Waals surface area (Å²) in [6, 6.07) is 13.9. The van der Waals surface area contributed by atoms with Crippen molar-refractivity contribution in [3.63, 3.8) is 0 Å². The standard InChI is InChI=1S/C24H26F2N2O3/c1-14(16-9-18(25)13-19(26)10-16)28-23(15-5-7-20(29-2)8-6-15)17-11-21(27)24(31-4)22(12-17)30-3/h5-14,23,28H,27H2,1-4H3. The van der Waals surface area contributed by atoms with Gasteiger partial charge in [0.05, 0.1) is 33.1 Å². The van der Waals surface area contributed by atoms with E-state index in [1.54, 1.807) is 13.2 Å². The van der Waals surface area contributed by atoms with E-state index < -0.39 is 11.6 Å². The summed E-state index contributed by atoms with van der Waals surface area (Å²) in [6.45, 7) is 1.84. The van der Waals surface area contributed by atoms with Gasteiger partial charge in [0.25, 0.3) is 0 Å². The molecule has 3 N–H and O–H groups in total. The molecule has 0 saturated heterocycles. The van der Waals surface area contributed by atoms with Gasteiger partial charge < -0.3 is 19.9 Å². The number of methoxy groups -OCH3 is 3. The van der Waals surface area contributed by atoms with E-state index in [-0.39, 0.29) is 12.1 Å². The minimum atomic E-state index is -0.625. The molecule has 3 aromatic rings. The molecule has 7 heteroatoms. The van der Waals surface area contributed by atoms with Crippen molar-refractivity contribution in [1.82, 2.24) is 5.32 Å². The number of benzene rings is 3. The van der Waals surface area contributed by atoms with Crippen molar-refractivity contribution in [1.29, 1.82) is 0 Å². The second-order valence-electron chi connectivity index (χ2n) is 7.14.